The molecule has 14 heavy (non-hydrogen) atoms. The zero-order valence-corrected chi connectivity index (χ0v) is 9.52. The van der Waals surface area contributed by atoms with Crippen LogP contribution in [-0.2, 0) is 0 Å². The summed E-state index contributed by atoms with van der Waals surface area (Å²) >= 11 is 1.83. The molecule has 78 valence electrons. The smallest absolute Gasteiger partial charge is 0.157 e. The highest BCUT2D eigenvalue weighted by Crippen LogP contribution is 2.26. The number of hydrogen-bond acceptors (Lipinski definition) is 3. The third-order valence-corrected chi connectivity index (χ3v) is 3.73. The Bertz CT molecular complexity index is 248. The Morgan fingerprint density at radius 2 is 2.36 bits per heavy atom. The first-order chi connectivity index (χ1) is 6.90. The summed E-state index contributed by atoms with van der Waals surface area (Å²) in [6.45, 7) is 2.06. The van der Waals surface area contributed by atoms with Gasteiger partial charge >= 0.3 is 0 Å². The molecule has 2 unspecified atom stereocenters. The molecule has 1 heterocycles. The molecule has 2 atom stereocenters. The molecule has 0 saturated heterocycles. The van der Waals surface area contributed by atoms with Crippen molar-refractivity contribution in [3.05, 3.63) is 12.2 Å². The second-order valence-electron chi connectivity index (χ2n) is 3.92. The predicted molar refractivity (Wildman–Crippen MR) is 63.9 cm³/mol. The first kappa shape index (κ1) is 10.1. The van der Waals surface area contributed by atoms with Gasteiger partial charge in [0.15, 0.2) is 5.17 Å². The second kappa shape index (κ2) is 4.87. The van der Waals surface area contributed by atoms with E-state index in [1.165, 1.54) is 30.9 Å². The SMILES string of the molecule is C/C=C/CSC1=NC2CCCCC2N1. The molecule has 1 fully saturated rings. The zero-order valence-electron chi connectivity index (χ0n) is 8.70. The van der Waals surface area contributed by atoms with Crippen molar-refractivity contribution in [2.45, 2.75) is 44.7 Å². The van der Waals surface area contributed by atoms with Crippen LogP contribution in [0.15, 0.2) is 17.1 Å². The molecule has 0 radical (unpaired) electrons. The van der Waals surface area contributed by atoms with Crippen LogP contribution in [0.2, 0.25) is 0 Å². The van der Waals surface area contributed by atoms with E-state index in [0.29, 0.717) is 12.1 Å². The van der Waals surface area contributed by atoms with Crippen molar-refractivity contribution in [3.8, 4) is 0 Å². The van der Waals surface area contributed by atoms with E-state index < -0.39 is 0 Å². The maximum Gasteiger partial charge on any atom is 0.157 e. The van der Waals surface area contributed by atoms with Gasteiger partial charge in [0.25, 0.3) is 0 Å². The molecular weight excluding hydrogens is 192 g/mol. The van der Waals surface area contributed by atoms with E-state index in [1.807, 2.05) is 11.8 Å². The normalized spacial score (nSPS) is 31.4. The molecule has 1 aliphatic carbocycles. The number of rotatable bonds is 2. The number of hydrogen-bond donors (Lipinski definition) is 1. The molecule has 1 aliphatic heterocycles. The number of aliphatic imine (C=N–C) groups is 1. The van der Waals surface area contributed by atoms with Crippen molar-refractivity contribution in [1.29, 1.82) is 0 Å². The summed E-state index contributed by atoms with van der Waals surface area (Å²) in [5.41, 5.74) is 0. The highest BCUT2D eigenvalue weighted by Gasteiger charge is 2.30. The maximum atomic E-state index is 4.72. The topological polar surface area (TPSA) is 24.4 Å². The van der Waals surface area contributed by atoms with Gasteiger partial charge in [-0.05, 0) is 19.8 Å². The fraction of sp³-hybridized carbons (Fsp3) is 0.727. The summed E-state index contributed by atoms with van der Waals surface area (Å²) in [4.78, 5) is 4.72. The number of thioether (sulfide) groups is 1. The number of amidine groups is 1. The first-order valence-electron chi connectivity index (χ1n) is 5.48. The maximum absolute atomic E-state index is 4.72. The fourth-order valence-electron chi connectivity index (χ4n) is 2.08. The number of nitrogens with one attached hydrogen (secondary N) is 1. The van der Waals surface area contributed by atoms with Crippen LogP contribution in [0.5, 0.6) is 0 Å². The summed E-state index contributed by atoms with van der Waals surface area (Å²) in [5, 5.41) is 4.70. The van der Waals surface area contributed by atoms with Crippen molar-refractivity contribution in [2.24, 2.45) is 4.99 Å². The van der Waals surface area contributed by atoms with Gasteiger partial charge in [0.2, 0.25) is 0 Å². The van der Waals surface area contributed by atoms with Gasteiger partial charge in [0.1, 0.15) is 0 Å². The Morgan fingerprint density at radius 1 is 1.50 bits per heavy atom. The molecule has 0 aromatic rings. The van der Waals surface area contributed by atoms with Gasteiger partial charge in [-0.1, -0.05) is 36.8 Å². The Balaban J connectivity index is 1.83. The van der Waals surface area contributed by atoms with Crippen molar-refractivity contribution in [3.63, 3.8) is 0 Å². The lowest BCUT2D eigenvalue weighted by Gasteiger charge is -2.23. The van der Waals surface area contributed by atoms with E-state index in [1.54, 1.807) is 0 Å². The van der Waals surface area contributed by atoms with Crippen LogP contribution in [0, 0.1) is 0 Å². The van der Waals surface area contributed by atoms with E-state index in [2.05, 4.69) is 24.4 Å². The molecule has 2 rings (SSSR count). The molecule has 0 bridgehead atoms. The molecule has 0 spiro atoms. The second-order valence-corrected chi connectivity index (χ2v) is 4.93. The van der Waals surface area contributed by atoms with Crippen LogP contribution in [0.25, 0.3) is 0 Å². The molecule has 3 heteroatoms. The molecule has 1 N–H and O–H groups in total. The Morgan fingerprint density at radius 3 is 3.14 bits per heavy atom. The third-order valence-electron chi connectivity index (χ3n) is 2.87. The summed E-state index contributed by atoms with van der Waals surface area (Å²) in [6, 6.07) is 1.23. The molecule has 2 aliphatic rings. The van der Waals surface area contributed by atoms with Crippen LogP contribution >= 0.6 is 11.8 Å². The third kappa shape index (κ3) is 2.32. The largest absolute Gasteiger partial charge is 0.360 e. The number of nitrogens with zero attached hydrogens (tertiary/aromatic N) is 1. The van der Waals surface area contributed by atoms with E-state index in [9.17, 15) is 0 Å². The van der Waals surface area contributed by atoms with Gasteiger partial charge in [0.05, 0.1) is 12.1 Å². The fourth-order valence-corrected chi connectivity index (χ4v) is 2.97. The van der Waals surface area contributed by atoms with E-state index >= 15 is 0 Å². The number of allylic oxidation sites excluding steroid dienone is 1. The molecule has 0 aromatic heterocycles. The van der Waals surface area contributed by atoms with Crippen molar-refractivity contribution < 1.29 is 0 Å². The van der Waals surface area contributed by atoms with Gasteiger partial charge in [-0.3, -0.25) is 4.99 Å². The minimum absolute atomic E-state index is 0.580. The first-order valence-corrected chi connectivity index (χ1v) is 6.47. The lowest BCUT2D eigenvalue weighted by molar-refractivity contribution is 0.385. The van der Waals surface area contributed by atoms with E-state index in [-0.39, 0.29) is 0 Å². The summed E-state index contributed by atoms with van der Waals surface area (Å²) in [7, 11) is 0. The van der Waals surface area contributed by atoms with Crippen molar-refractivity contribution in [1.82, 2.24) is 5.32 Å². The Kier molecular flexibility index (Phi) is 3.51. The lowest BCUT2D eigenvalue weighted by atomic mass is 9.92. The van der Waals surface area contributed by atoms with Crippen LogP contribution in [0.3, 0.4) is 0 Å². The molecule has 0 aromatic carbocycles. The predicted octanol–water partition coefficient (Wildman–Crippen LogP) is 2.57. The van der Waals surface area contributed by atoms with Gasteiger partial charge in [-0.2, -0.15) is 0 Å². The average Bonchev–Trinajstić information content (AvgIpc) is 2.60. The summed E-state index contributed by atoms with van der Waals surface area (Å²) in [5.74, 6) is 1.04. The summed E-state index contributed by atoms with van der Waals surface area (Å²) < 4.78 is 0. The van der Waals surface area contributed by atoms with Crippen LogP contribution in [0.1, 0.15) is 32.6 Å². The molecular formula is C11H18N2S. The summed E-state index contributed by atoms with van der Waals surface area (Å²) in [6.07, 6.45) is 9.59. The van der Waals surface area contributed by atoms with Gasteiger partial charge in [-0.15, -0.1) is 0 Å². The van der Waals surface area contributed by atoms with Gasteiger partial charge < -0.3 is 5.32 Å². The van der Waals surface area contributed by atoms with E-state index in [0.717, 1.165) is 5.75 Å². The number of fused-ring (bicyclic) bond motifs is 1. The molecule has 2 nitrogen and oxygen atoms in total. The monoisotopic (exact) mass is 210 g/mol. The molecule has 1 saturated carbocycles. The standard InChI is InChI=1S/C11H18N2S/c1-2-3-8-14-11-12-9-6-4-5-7-10(9)13-11/h2-3,9-10H,4-8H2,1H3,(H,12,13)/b3-2+. The minimum Gasteiger partial charge on any atom is -0.360 e. The van der Waals surface area contributed by atoms with Crippen LogP contribution in [0.4, 0.5) is 0 Å². The highest BCUT2D eigenvalue weighted by molar-refractivity contribution is 8.13. The van der Waals surface area contributed by atoms with E-state index in [4.69, 9.17) is 4.99 Å². The average molecular weight is 210 g/mol. The zero-order chi connectivity index (χ0) is 9.80. The quantitative estimate of drug-likeness (QED) is 0.708. The lowest BCUT2D eigenvalue weighted by Crippen LogP contribution is -2.36. The Hall–Kier alpha value is -0.440. The van der Waals surface area contributed by atoms with Crippen molar-refractivity contribution in [2.75, 3.05) is 5.75 Å². The van der Waals surface area contributed by atoms with Crippen LogP contribution < -0.4 is 5.32 Å². The highest BCUT2D eigenvalue weighted by atomic mass is 32.2. The van der Waals surface area contributed by atoms with Gasteiger partial charge in [-0.25, -0.2) is 0 Å². The molecule has 0 amide bonds. The van der Waals surface area contributed by atoms with Crippen molar-refractivity contribution >= 4 is 16.9 Å². The van der Waals surface area contributed by atoms with Crippen LogP contribution in [-0.4, -0.2) is 23.0 Å². The minimum atomic E-state index is 0.580. The Labute approximate surface area is 90.3 Å². The van der Waals surface area contributed by atoms with Gasteiger partial charge in [0, 0.05) is 5.75 Å².